The van der Waals surface area contributed by atoms with Crippen molar-refractivity contribution in [3.8, 4) is 0 Å². The Morgan fingerprint density at radius 1 is 1.43 bits per heavy atom. The Morgan fingerprint density at radius 3 is 2.71 bits per heavy atom. The fourth-order valence-corrected chi connectivity index (χ4v) is 3.03. The van der Waals surface area contributed by atoms with Crippen LogP contribution in [0.15, 0.2) is 0 Å². The number of nitrogens with zero attached hydrogens (tertiary/aromatic N) is 1. The van der Waals surface area contributed by atoms with Gasteiger partial charge in [0.05, 0.1) is 19.3 Å². The van der Waals surface area contributed by atoms with Gasteiger partial charge in [-0.2, -0.15) is 0 Å². The molecule has 1 saturated carbocycles. The van der Waals surface area contributed by atoms with Gasteiger partial charge < -0.3 is 9.47 Å². The minimum atomic E-state index is -0.623. The Balaban J connectivity index is 2.06. The predicted molar refractivity (Wildman–Crippen MR) is 82.3 cm³/mol. The first-order valence-corrected chi connectivity index (χ1v) is 8.29. The summed E-state index contributed by atoms with van der Waals surface area (Å²) in [6.07, 6.45) is 3.58. The summed E-state index contributed by atoms with van der Waals surface area (Å²) in [5.41, 5.74) is -0.623. The topological polar surface area (TPSA) is 50.8 Å². The molecule has 1 aliphatic carbocycles. The number of nitrogens with one attached hydrogen (secondary N) is 1. The monoisotopic (exact) mass is 298 g/mol. The lowest BCUT2D eigenvalue weighted by Crippen LogP contribution is -2.62. The highest BCUT2D eigenvalue weighted by molar-refractivity contribution is 5.80. The van der Waals surface area contributed by atoms with Crippen LogP contribution in [0.1, 0.15) is 47.0 Å². The van der Waals surface area contributed by atoms with Gasteiger partial charge in [-0.1, -0.05) is 6.92 Å². The van der Waals surface area contributed by atoms with Crippen molar-refractivity contribution >= 4 is 5.97 Å². The average molecular weight is 298 g/mol. The zero-order valence-corrected chi connectivity index (χ0v) is 13.9. The van der Waals surface area contributed by atoms with Crippen molar-refractivity contribution in [2.45, 2.75) is 70.7 Å². The molecule has 1 saturated heterocycles. The number of ether oxygens (including phenoxy) is 2. The third-order valence-electron chi connectivity index (χ3n) is 4.40. The van der Waals surface area contributed by atoms with Crippen molar-refractivity contribution in [2.24, 2.45) is 0 Å². The first-order chi connectivity index (χ1) is 9.98. The van der Waals surface area contributed by atoms with E-state index in [1.165, 1.54) is 0 Å². The Kier molecular flexibility index (Phi) is 5.63. The smallest absolute Gasteiger partial charge is 0.327 e. The number of rotatable bonds is 7. The van der Waals surface area contributed by atoms with Gasteiger partial charge in [0.1, 0.15) is 5.54 Å². The van der Waals surface area contributed by atoms with Crippen LogP contribution in [-0.2, 0) is 14.3 Å². The largest absolute Gasteiger partial charge is 0.465 e. The maximum atomic E-state index is 12.4. The lowest BCUT2D eigenvalue weighted by atomic mass is 9.98. The summed E-state index contributed by atoms with van der Waals surface area (Å²) >= 11 is 0. The van der Waals surface area contributed by atoms with Crippen LogP contribution >= 0.6 is 0 Å². The van der Waals surface area contributed by atoms with E-state index in [0.29, 0.717) is 25.2 Å². The van der Waals surface area contributed by atoms with Crippen LogP contribution < -0.4 is 5.32 Å². The highest BCUT2D eigenvalue weighted by Gasteiger charge is 2.42. The molecular weight excluding hydrogens is 268 g/mol. The minimum Gasteiger partial charge on any atom is -0.465 e. The third kappa shape index (κ3) is 4.41. The van der Waals surface area contributed by atoms with E-state index in [1.54, 1.807) is 0 Å². The Bertz CT molecular complexity index is 359. The SMILES string of the molecule is CCOC(=O)C(C)(CN1CC(C)OCC1CC)NC1CC1. The number of carbonyl (C=O) groups is 1. The van der Waals surface area contributed by atoms with Crippen molar-refractivity contribution in [3.05, 3.63) is 0 Å². The molecular formula is C16H30N2O3. The summed E-state index contributed by atoms with van der Waals surface area (Å²) in [6, 6.07) is 0.855. The first kappa shape index (κ1) is 16.7. The summed E-state index contributed by atoms with van der Waals surface area (Å²) in [5, 5.41) is 3.50. The maximum Gasteiger partial charge on any atom is 0.327 e. The number of carbonyl (C=O) groups excluding carboxylic acids is 1. The molecule has 122 valence electrons. The Morgan fingerprint density at radius 2 is 2.14 bits per heavy atom. The zero-order valence-electron chi connectivity index (χ0n) is 13.9. The number of hydrogen-bond donors (Lipinski definition) is 1. The molecule has 5 nitrogen and oxygen atoms in total. The summed E-state index contributed by atoms with van der Waals surface area (Å²) in [6.45, 7) is 10.9. The van der Waals surface area contributed by atoms with Crippen molar-refractivity contribution < 1.29 is 14.3 Å². The molecule has 0 aromatic carbocycles. The van der Waals surface area contributed by atoms with E-state index in [2.05, 4.69) is 24.1 Å². The van der Waals surface area contributed by atoms with E-state index < -0.39 is 5.54 Å². The molecule has 3 unspecified atom stereocenters. The molecule has 0 spiro atoms. The molecule has 21 heavy (non-hydrogen) atoms. The van der Waals surface area contributed by atoms with Gasteiger partial charge >= 0.3 is 5.97 Å². The van der Waals surface area contributed by atoms with Crippen LogP contribution in [0.5, 0.6) is 0 Å². The van der Waals surface area contributed by atoms with Crippen LogP contribution in [0.25, 0.3) is 0 Å². The molecule has 5 heteroatoms. The van der Waals surface area contributed by atoms with Crippen molar-refractivity contribution in [2.75, 3.05) is 26.3 Å². The van der Waals surface area contributed by atoms with Crippen molar-refractivity contribution in [3.63, 3.8) is 0 Å². The summed E-state index contributed by atoms with van der Waals surface area (Å²) in [4.78, 5) is 14.8. The molecule has 2 aliphatic rings. The van der Waals surface area contributed by atoms with Gasteiger partial charge in [0.15, 0.2) is 0 Å². The molecule has 0 aromatic heterocycles. The third-order valence-corrected chi connectivity index (χ3v) is 4.40. The highest BCUT2D eigenvalue weighted by Crippen LogP contribution is 2.25. The Labute approximate surface area is 128 Å². The van der Waals surface area contributed by atoms with E-state index in [4.69, 9.17) is 9.47 Å². The van der Waals surface area contributed by atoms with E-state index in [1.807, 2.05) is 13.8 Å². The maximum absolute atomic E-state index is 12.4. The summed E-state index contributed by atoms with van der Waals surface area (Å²) in [7, 11) is 0. The predicted octanol–water partition coefficient (Wildman–Crippen LogP) is 1.56. The molecule has 2 fully saturated rings. The fourth-order valence-electron chi connectivity index (χ4n) is 3.03. The van der Waals surface area contributed by atoms with E-state index in [0.717, 1.165) is 32.4 Å². The fraction of sp³-hybridized carbons (Fsp3) is 0.938. The second-order valence-corrected chi connectivity index (χ2v) is 6.61. The second kappa shape index (κ2) is 7.07. The molecule has 1 aliphatic heterocycles. The van der Waals surface area contributed by atoms with Gasteiger partial charge in [0.2, 0.25) is 0 Å². The average Bonchev–Trinajstić information content (AvgIpc) is 3.23. The molecule has 0 radical (unpaired) electrons. The van der Waals surface area contributed by atoms with Crippen molar-refractivity contribution in [1.82, 2.24) is 10.2 Å². The van der Waals surface area contributed by atoms with Crippen LogP contribution in [0.4, 0.5) is 0 Å². The number of esters is 1. The first-order valence-electron chi connectivity index (χ1n) is 8.29. The zero-order chi connectivity index (χ0) is 15.5. The quantitative estimate of drug-likeness (QED) is 0.723. The molecule has 0 bridgehead atoms. The van der Waals surface area contributed by atoms with Gasteiger partial charge in [0.25, 0.3) is 0 Å². The van der Waals surface area contributed by atoms with Gasteiger partial charge in [-0.3, -0.25) is 15.0 Å². The highest BCUT2D eigenvalue weighted by atomic mass is 16.5. The van der Waals surface area contributed by atoms with Gasteiger partial charge in [-0.05, 0) is 40.0 Å². The van der Waals surface area contributed by atoms with Gasteiger partial charge in [0, 0.05) is 25.2 Å². The number of hydrogen-bond acceptors (Lipinski definition) is 5. The summed E-state index contributed by atoms with van der Waals surface area (Å²) in [5.74, 6) is -0.133. The second-order valence-electron chi connectivity index (χ2n) is 6.61. The molecule has 3 atom stereocenters. The molecule has 0 aromatic rings. The standard InChI is InChI=1S/C16H30N2O3/c1-5-14-10-21-12(3)9-18(14)11-16(4,15(19)20-6-2)17-13-7-8-13/h12-14,17H,5-11H2,1-4H3. The van der Waals surface area contributed by atoms with E-state index in [-0.39, 0.29) is 12.1 Å². The van der Waals surface area contributed by atoms with E-state index in [9.17, 15) is 4.79 Å². The van der Waals surface area contributed by atoms with Crippen LogP contribution in [0.2, 0.25) is 0 Å². The molecule has 0 amide bonds. The molecule has 1 heterocycles. The normalized spacial score (nSPS) is 29.9. The molecule has 2 rings (SSSR count). The van der Waals surface area contributed by atoms with E-state index >= 15 is 0 Å². The summed E-state index contributed by atoms with van der Waals surface area (Å²) < 4.78 is 11.1. The minimum absolute atomic E-state index is 0.133. The van der Waals surface area contributed by atoms with Crippen LogP contribution in [0, 0.1) is 0 Å². The lowest BCUT2D eigenvalue weighted by Gasteiger charge is -2.42. The van der Waals surface area contributed by atoms with Crippen LogP contribution in [-0.4, -0.2) is 60.9 Å². The van der Waals surface area contributed by atoms with Crippen molar-refractivity contribution in [1.29, 1.82) is 0 Å². The molecule has 1 N–H and O–H groups in total. The van der Waals surface area contributed by atoms with Gasteiger partial charge in [-0.15, -0.1) is 0 Å². The Hall–Kier alpha value is -0.650. The van der Waals surface area contributed by atoms with Crippen LogP contribution in [0.3, 0.4) is 0 Å². The van der Waals surface area contributed by atoms with Gasteiger partial charge in [-0.25, -0.2) is 0 Å². The lowest BCUT2D eigenvalue weighted by molar-refractivity contribution is -0.153. The number of morpholine rings is 1.